The lowest BCUT2D eigenvalue weighted by Crippen LogP contribution is -2.30. The molecule has 2 aliphatic rings. The molecule has 1 aromatic carbocycles. The Balaban J connectivity index is 1.09. The number of carbonyl (C=O) groups is 1. The fourth-order valence-corrected chi connectivity index (χ4v) is 8.33. The quantitative estimate of drug-likeness (QED) is 0.0455. The zero-order valence-corrected chi connectivity index (χ0v) is 32.1. The summed E-state index contributed by atoms with van der Waals surface area (Å²) in [4.78, 5) is 14.3. The van der Waals surface area contributed by atoms with Gasteiger partial charge in [-0.15, -0.1) is 0 Å². The van der Waals surface area contributed by atoms with Crippen molar-refractivity contribution < 1.29 is 31.6 Å². The Morgan fingerprint density at radius 2 is 1.39 bits per heavy atom. The van der Waals surface area contributed by atoms with Crippen LogP contribution >= 0.6 is 11.8 Å². The van der Waals surface area contributed by atoms with Crippen LogP contribution in [0.25, 0.3) is 0 Å². The molecule has 1 aromatic rings. The second kappa shape index (κ2) is 25.4. The third-order valence-corrected chi connectivity index (χ3v) is 11.6. The summed E-state index contributed by atoms with van der Waals surface area (Å²) in [5.41, 5.74) is 0.413. The molecule has 3 unspecified atom stereocenters. The minimum atomic E-state index is -3.83. The molecule has 0 radical (unpaired) electrons. The van der Waals surface area contributed by atoms with E-state index in [2.05, 4.69) is 6.92 Å². The van der Waals surface area contributed by atoms with Crippen LogP contribution in [0, 0.1) is 6.92 Å². The van der Waals surface area contributed by atoms with Gasteiger partial charge in [0, 0.05) is 19.2 Å². The lowest BCUT2D eigenvalue weighted by molar-refractivity contribution is -0.148. The Labute approximate surface area is 302 Å². The highest BCUT2D eigenvalue weighted by Gasteiger charge is 2.28. The molecule has 49 heavy (non-hydrogen) atoms. The Bertz CT molecular complexity index is 1140. The largest absolute Gasteiger partial charge is 0.463 e. The molecule has 1 fully saturated rings. The maximum Gasteiger partial charge on any atom is 0.305 e. The second-order valence-corrected chi connectivity index (χ2v) is 16.3. The van der Waals surface area contributed by atoms with E-state index < -0.39 is 15.7 Å². The van der Waals surface area contributed by atoms with Gasteiger partial charge in [-0.25, -0.2) is 4.18 Å². The van der Waals surface area contributed by atoms with Gasteiger partial charge in [-0.05, 0) is 50.1 Å². The SMILES string of the molecule is CCCCCCCCCCCCCCCCCC1OCC(COC(=O)CCCCCCCN2C=CSC2OS(=O)(=O)c2ccc(C)cc2)O1. The molecule has 0 N–H and O–H groups in total. The van der Waals surface area contributed by atoms with E-state index in [0.29, 0.717) is 19.6 Å². The molecule has 280 valence electrons. The van der Waals surface area contributed by atoms with E-state index in [1.54, 1.807) is 24.3 Å². The molecule has 3 atom stereocenters. The van der Waals surface area contributed by atoms with Crippen LogP contribution in [-0.2, 0) is 33.3 Å². The number of ether oxygens (including phenoxy) is 3. The number of hydrogen-bond donors (Lipinski definition) is 0. The van der Waals surface area contributed by atoms with E-state index in [-0.39, 0.29) is 29.9 Å². The number of benzene rings is 1. The summed E-state index contributed by atoms with van der Waals surface area (Å²) in [6, 6.07) is 6.69. The second-order valence-electron chi connectivity index (χ2n) is 13.8. The first-order valence-corrected chi connectivity index (χ1v) is 21.7. The molecule has 0 saturated carbocycles. The van der Waals surface area contributed by atoms with Crippen LogP contribution in [0.2, 0.25) is 0 Å². The summed E-state index contributed by atoms with van der Waals surface area (Å²) in [5, 5.41) is 1.87. The molecule has 2 aliphatic heterocycles. The van der Waals surface area contributed by atoms with Gasteiger partial charge < -0.3 is 19.1 Å². The number of carbonyl (C=O) groups excluding carboxylic acids is 1. The number of thioether (sulfide) groups is 1. The molecule has 0 aliphatic carbocycles. The molecule has 0 spiro atoms. The number of unbranched alkanes of at least 4 members (excludes halogenated alkanes) is 18. The summed E-state index contributed by atoms with van der Waals surface area (Å²) in [5.74, 6) is -0.177. The maximum atomic E-state index is 12.7. The smallest absolute Gasteiger partial charge is 0.305 e. The first kappa shape index (κ1) is 41.8. The number of rotatable bonds is 29. The van der Waals surface area contributed by atoms with Crippen LogP contribution in [0.1, 0.15) is 154 Å². The average Bonchev–Trinajstić information content (AvgIpc) is 3.74. The first-order chi connectivity index (χ1) is 23.9. The van der Waals surface area contributed by atoms with E-state index in [1.165, 1.54) is 102 Å². The van der Waals surface area contributed by atoms with Crippen molar-refractivity contribution in [3.63, 3.8) is 0 Å². The van der Waals surface area contributed by atoms with E-state index >= 15 is 0 Å². The normalized spacial score (nSPS) is 19.2. The lowest BCUT2D eigenvalue weighted by atomic mass is 10.0. The third kappa shape index (κ3) is 18.5. The van der Waals surface area contributed by atoms with Crippen LogP contribution in [0.4, 0.5) is 0 Å². The Morgan fingerprint density at radius 3 is 2.02 bits per heavy atom. The van der Waals surface area contributed by atoms with Crippen LogP contribution in [0.3, 0.4) is 0 Å². The van der Waals surface area contributed by atoms with Crippen molar-refractivity contribution in [1.82, 2.24) is 4.90 Å². The topological polar surface area (TPSA) is 91.4 Å². The molecule has 0 bridgehead atoms. The maximum absolute atomic E-state index is 12.7. The van der Waals surface area contributed by atoms with Gasteiger partial charge in [0.05, 0.1) is 11.5 Å². The van der Waals surface area contributed by atoms with Crippen LogP contribution in [-0.4, -0.2) is 57.0 Å². The lowest BCUT2D eigenvalue weighted by Gasteiger charge is -2.24. The highest BCUT2D eigenvalue weighted by atomic mass is 32.2. The number of nitrogens with zero attached hydrogens (tertiary/aromatic N) is 1. The Hall–Kier alpha value is -1.59. The first-order valence-electron chi connectivity index (χ1n) is 19.4. The van der Waals surface area contributed by atoms with E-state index in [0.717, 1.165) is 50.5 Å². The van der Waals surface area contributed by atoms with Crippen molar-refractivity contribution in [2.75, 3.05) is 19.8 Å². The molecule has 0 aromatic heterocycles. The molecule has 8 nitrogen and oxygen atoms in total. The highest BCUT2D eigenvalue weighted by molar-refractivity contribution is 8.03. The minimum absolute atomic E-state index is 0.164. The van der Waals surface area contributed by atoms with Crippen molar-refractivity contribution in [1.29, 1.82) is 0 Å². The monoisotopic (exact) mass is 723 g/mol. The van der Waals surface area contributed by atoms with Gasteiger partial charge in [-0.3, -0.25) is 4.79 Å². The fraction of sp³-hybridized carbons (Fsp3) is 0.769. The summed E-state index contributed by atoms with van der Waals surface area (Å²) in [6.07, 6.45) is 27.9. The van der Waals surface area contributed by atoms with E-state index in [4.69, 9.17) is 18.4 Å². The van der Waals surface area contributed by atoms with Gasteiger partial charge in [-0.2, -0.15) is 8.42 Å². The number of hydrogen-bond acceptors (Lipinski definition) is 9. The van der Waals surface area contributed by atoms with Crippen molar-refractivity contribution in [3.8, 4) is 0 Å². The summed E-state index contributed by atoms with van der Waals surface area (Å²) in [7, 11) is -3.83. The zero-order valence-electron chi connectivity index (χ0n) is 30.5. The van der Waals surface area contributed by atoms with Crippen molar-refractivity contribution in [3.05, 3.63) is 41.4 Å². The predicted octanol–water partition coefficient (Wildman–Crippen LogP) is 10.4. The van der Waals surface area contributed by atoms with Gasteiger partial charge >= 0.3 is 5.97 Å². The third-order valence-electron chi connectivity index (χ3n) is 9.32. The van der Waals surface area contributed by atoms with E-state index in [9.17, 15) is 13.2 Å². The molecule has 3 rings (SSSR count). The predicted molar refractivity (Wildman–Crippen MR) is 199 cm³/mol. The molecule has 2 heterocycles. The Kier molecular flexibility index (Phi) is 21.7. The molecule has 0 amide bonds. The van der Waals surface area contributed by atoms with Crippen LogP contribution in [0.15, 0.2) is 40.8 Å². The summed E-state index contributed by atoms with van der Waals surface area (Å²) < 4.78 is 48.1. The van der Waals surface area contributed by atoms with Gasteiger partial charge in [0.25, 0.3) is 10.1 Å². The van der Waals surface area contributed by atoms with Crippen molar-refractivity contribution in [2.45, 2.75) is 178 Å². The number of esters is 1. The minimum Gasteiger partial charge on any atom is -0.463 e. The van der Waals surface area contributed by atoms with Gasteiger partial charge in [0.15, 0.2) is 6.29 Å². The number of aryl methyl sites for hydroxylation is 1. The average molecular weight is 724 g/mol. The van der Waals surface area contributed by atoms with Gasteiger partial charge in [0.1, 0.15) is 12.7 Å². The standard InChI is InChI=1S/C39H65NO7S2/c1-3-4-5-6-7-8-9-10-11-12-13-14-15-18-21-24-38-45-33-35(46-38)32-44-37(41)23-20-17-16-19-22-29-40-30-31-48-39(40)47-49(42,43)36-27-25-34(2)26-28-36/h25-28,30-31,35,38-39H,3-24,29,32-33H2,1-2H3. The van der Waals surface area contributed by atoms with Gasteiger partial charge in [0.2, 0.25) is 5.56 Å². The highest BCUT2D eigenvalue weighted by Crippen LogP contribution is 2.30. The summed E-state index contributed by atoms with van der Waals surface area (Å²) >= 11 is 1.35. The van der Waals surface area contributed by atoms with Crippen molar-refractivity contribution >= 4 is 27.8 Å². The van der Waals surface area contributed by atoms with Crippen molar-refractivity contribution in [2.24, 2.45) is 0 Å². The van der Waals surface area contributed by atoms with Crippen LogP contribution < -0.4 is 0 Å². The Morgan fingerprint density at radius 1 is 0.816 bits per heavy atom. The molecule has 10 heteroatoms. The summed E-state index contributed by atoms with van der Waals surface area (Å²) in [6.45, 7) is 5.66. The fourth-order valence-electron chi connectivity index (χ4n) is 6.24. The molecular weight excluding hydrogens is 659 g/mol. The van der Waals surface area contributed by atoms with Crippen LogP contribution in [0.5, 0.6) is 0 Å². The molecular formula is C39H65NO7S2. The van der Waals surface area contributed by atoms with E-state index in [1.807, 2.05) is 23.4 Å². The molecule has 1 saturated heterocycles. The zero-order chi connectivity index (χ0) is 35.0. The van der Waals surface area contributed by atoms with Gasteiger partial charge in [-0.1, -0.05) is 146 Å².